The molecule has 1 aromatic rings. The molecule has 0 radical (unpaired) electrons. The number of carbonyl (C=O) groups excluding carboxylic acids is 1. The molecule has 15 heavy (non-hydrogen) atoms. The SMILES string of the molecule is CC(=O)NCC#Cc1cccc(CBr)c1. The summed E-state index contributed by atoms with van der Waals surface area (Å²) in [5.74, 6) is 5.82. The minimum Gasteiger partial charge on any atom is -0.345 e. The molecular formula is C12H12BrNO. The number of alkyl halides is 1. The molecule has 1 N–H and O–H groups in total. The van der Waals surface area contributed by atoms with Crippen molar-refractivity contribution in [2.24, 2.45) is 0 Å². The van der Waals surface area contributed by atoms with E-state index in [0.717, 1.165) is 10.9 Å². The molecule has 1 amide bonds. The van der Waals surface area contributed by atoms with E-state index in [1.165, 1.54) is 12.5 Å². The van der Waals surface area contributed by atoms with E-state index in [4.69, 9.17) is 0 Å². The Morgan fingerprint density at radius 3 is 3.00 bits per heavy atom. The van der Waals surface area contributed by atoms with Crippen LogP contribution < -0.4 is 5.32 Å². The Labute approximate surface area is 98.2 Å². The van der Waals surface area contributed by atoms with Crippen LogP contribution >= 0.6 is 15.9 Å². The third-order valence-electron chi connectivity index (χ3n) is 1.74. The van der Waals surface area contributed by atoms with Gasteiger partial charge in [0.05, 0.1) is 6.54 Å². The summed E-state index contributed by atoms with van der Waals surface area (Å²) in [4.78, 5) is 10.6. The summed E-state index contributed by atoms with van der Waals surface area (Å²) >= 11 is 3.39. The summed E-state index contributed by atoms with van der Waals surface area (Å²) in [6, 6.07) is 7.98. The van der Waals surface area contributed by atoms with Crippen LogP contribution in [0, 0.1) is 11.8 Å². The van der Waals surface area contributed by atoms with Gasteiger partial charge in [-0.3, -0.25) is 4.79 Å². The highest BCUT2D eigenvalue weighted by molar-refractivity contribution is 9.08. The fourth-order valence-corrected chi connectivity index (χ4v) is 1.40. The van der Waals surface area contributed by atoms with Gasteiger partial charge in [-0.25, -0.2) is 0 Å². The largest absolute Gasteiger partial charge is 0.345 e. The molecule has 2 nitrogen and oxygen atoms in total. The summed E-state index contributed by atoms with van der Waals surface area (Å²) in [5, 5.41) is 3.45. The van der Waals surface area contributed by atoms with Crippen LogP contribution in [0.1, 0.15) is 18.1 Å². The van der Waals surface area contributed by atoms with Crippen LogP contribution in [-0.4, -0.2) is 12.5 Å². The maximum Gasteiger partial charge on any atom is 0.217 e. The van der Waals surface area contributed by atoms with Crippen molar-refractivity contribution in [2.75, 3.05) is 6.54 Å². The average Bonchev–Trinajstić information content (AvgIpc) is 2.24. The van der Waals surface area contributed by atoms with Gasteiger partial charge in [-0.1, -0.05) is 39.9 Å². The molecule has 0 fully saturated rings. The molecule has 0 saturated carbocycles. The first kappa shape index (κ1) is 11.8. The minimum atomic E-state index is -0.0569. The summed E-state index contributed by atoms with van der Waals surface area (Å²) in [5.41, 5.74) is 2.17. The molecule has 0 aliphatic heterocycles. The van der Waals surface area contributed by atoms with Gasteiger partial charge < -0.3 is 5.32 Å². The highest BCUT2D eigenvalue weighted by Gasteiger charge is 1.90. The average molecular weight is 266 g/mol. The van der Waals surface area contributed by atoms with Crippen LogP contribution in [0.15, 0.2) is 24.3 Å². The topological polar surface area (TPSA) is 29.1 Å². The van der Waals surface area contributed by atoms with Gasteiger partial charge in [0.25, 0.3) is 0 Å². The smallest absolute Gasteiger partial charge is 0.217 e. The van der Waals surface area contributed by atoms with Gasteiger partial charge in [0.1, 0.15) is 0 Å². The van der Waals surface area contributed by atoms with Crippen LogP contribution in [0.3, 0.4) is 0 Å². The Kier molecular flexibility index (Phi) is 4.92. The van der Waals surface area contributed by atoms with Crippen molar-refractivity contribution in [1.82, 2.24) is 5.32 Å². The number of halogens is 1. The maximum atomic E-state index is 10.6. The van der Waals surface area contributed by atoms with Crippen molar-refractivity contribution in [1.29, 1.82) is 0 Å². The molecular weight excluding hydrogens is 254 g/mol. The standard InChI is InChI=1S/C12H12BrNO/c1-10(15)14-7-3-6-11-4-2-5-12(8-11)9-13/h2,4-5,8H,7,9H2,1H3,(H,14,15). The Bertz CT molecular complexity index is 404. The molecule has 1 rings (SSSR count). The quantitative estimate of drug-likeness (QED) is 0.644. The molecule has 0 unspecified atom stereocenters. The molecule has 0 spiro atoms. The van der Waals surface area contributed by atoms with E-state index in [-0.39, 0.29) is 5.91 Å². The van der Waals surface area contributed by atoms with E-state index in [0.29, 0.717) is 6.54 Å². The molecule has 0 bridgehead atoms. The molecule has 0 aliphatic rings. The van der Waals surface area contributed by atoms with Gasteiger partial charge in [0.2, 0.25) is 5.91 Å². The highest BCUT2D eigenvalue weighted by atomic mass is 79.9. The van der Waals surface area contributed by atoms with E-state index in [2.05, 4.69) is 33.1 Å². The number of hydrogen-bond donors (Lipinski definition) is 1. The summed E-state index contributed by atoms with van der Waals surface area (Å²) in [6.45, 7) is 1.88. The van der Waals surface area contributed by atoms with Crippen LogP contribution in [0.2, 0.25) is 0 Å². The van der Waals surface area contributed by atoms with Crippen LogP contribution in [-0.2, 0) is 10.1 Å². The molecule has 0 atom stereocenters. The Morgan fingerprint density at radius 1 is 1.53 bits per heavy atom. The van der Waals surface area contributed by atoms with Gasteiger partial charge in [0, 0.05) is 17.8 Å². The lowest BCUT2D eigenvalue weighted by atomic mass is 10.1. The van der Waals surface area contributed by atoms with E-state index < -0.39 is 0 Å². The van der Waals surface area contributed by atoms with Crippen molar-refractivity contribution < 1.29 is 4.79 Å². The second-order valence-electron chi connectivity index (χ2n) is 3.05. The van der Waals surface area contributed by atoms with Gasteiger partial charge in [-0.2, -0.15) is 0 Å². The first-order chi connectivity index (χ1) is 7.22. The molecule has 1 aromatic carbocycles. The molecule has 3 heteroatoms. The number of rotatable bonds is 2. The van der Waals surface area contributed by atoms with Crippen molar-refractivity contribution in [3.05, 3.63) is 35.4 Å². The second-order valence-corrected chi connectivity index (χ2v) is 3.61. The van der Waals surface area contributed by atoms with Gasteiger partial charge in [0.15, 0.2) is 0 Å². The third-order valence-corrected chi connectivity index (χ3v) is 2.39. The van der Waals surface area contributed by atoms with Gasteiger partial charge in [-0.05, 0) is 17.7 Å². The Hall–Kier alpha value is -1.27. The number of amides is 1. The van der Waals surface area contributed by atoms with Crippen LogP contribution in [0.5, 0.6) is 0 Å². The minimum absolute atomic E-state index is 0.0569. The zero-order valence-electron chi connectivity index (χ0n) is 8.51. The van der Waals surface area contributed by atoms with Gasteiger partial charge >= 0.3 is 0 Å². The predicted molar refractivity (Wildman–Crippen MR) is 64.6 cm³/mol. The Morgan fingerprint density at radius 2 is 2.33 bits per heavy atom. The maximum absolute atomic E-state index is 10.6. The van der Waals surface area contributed by atoms with Crippen LogP contribution in [0.25, 0.3) is 0 Å². The number of benzene rings is 1. The van der Waals surface area contributed by atoms with Crippen molar-refractivity contribution in [2.45, 2.75) is 12.3 Å². The molecule has 78 valence electrons. The summed E-state index contributed by atoms with van der Waals surface area (Å²) in [6.07, 6.45) is 0. The molecule has 0 saturated heterocycles. The zero-order valence-corrected chi connectivity index (χ0v) is 10.1. The summed E-state index contributed by atoms with van der Waals surface area (Å²) < 4.78 is 0. The number of hydrogen-bond acceptors (Lipinski definition) is 1. The van der Waals surface area contributed by atoms with Crippen molar-refractivity contribution in [3.63, 3.8) is 0 Å². The van der Waals surface area contributed by atoms with Gasteiger partial charge in [-0.15, -0.1) is 0 Å². The number of nitrogens with one attached hydrogen (secondary N) is 1. The van der Waals surface area contributed by atoms with Crippen molar-refractivity contribution >= 4 is 21.8 Å². The van der Waals surface area contributed by atoms with Crippen molar-refractivity contribution in [3.8, 4) is 11.8 Å². The molecule has 0 aliphatic carbocycles. The van der Waals surface area contributed by atoms with E-state index in [1.54, 1.807) is 0 Å². The highest BCUT2D eigenvalue weighted by Crippen LogP contribution is 2.07. The van der Waals surface area contributed by atoms with Crippen LogP contribution in [0.4, 0.5) is 0 Å². The molecule has 0 aromatic heterocycles. The fraction of sp³-hybridized carbons (Fsp3) is 0.250. The normalized spacial score (nSPS) is 8.93. The first-order valence-electron chi connectivity index (χ1n) is 4.60. The monoisotopic (exact) mass is 265 g/mol. The lowest BCUT2D eigenvalue weighted by Crippen LogP contribution is -2.19. The zero-order chi connectivity index (χ0) is 11.1. The van der Waals surface area contributed by atoms with E-state index in [9.17, 15) is 4.79 Å². The van der Waals surface area contributed by atoms with E-state index >= 15 is 0 Å². The summed E-state index contributed by atoms with van der Waals surface area (Å²) in [7, 11) is 0. The molecule has 0 heterocycles. The predicted octanol–water partition coefficient (Wildman–Crippen LogP) is 2.07. The first-order valence-corrected chi connectivity index (χ1v) is 5.72. The lowest BCUT2D eigenvalue weighted by Gasteiger charge is -1.95. The lowest BCUT2D eigenvalue weighted by molar-refractivity contribution is -0.118. The third kappa shape index (κ3) is 4.66. The fourth-order valence-electron chi connectivity index (χ4n) is 1.05. The number of carbonyl (C=O) groups is 1. The van der Waals surface area contributed by atoms with E-state index in [1.807, 2.05) is 24.3 Å². The second kappa shape index (κ2) is 6.26. The Balaban J connectivity index is 2.59.